The highest BCUT2D eigenvalue weighted by atomic mass is 32.7. The van der Waals surface area contributed by atoms with Crippen LogP contribution in [-0.4, -0.2) is 76.4 Å². The monoisotopic (exact) mass is 452 g/mol. The van der Waals surface area contributed by atoms with Crippen molar-refractivity contribution in [2.75, 3.05) is 0 Å². The van der Waals surface area contributed by atoms with Crippen molar-refractivity contribution in [2.45, 2.75) is 36.6 Å². The maximum absolute atomic E-state index is 11.3. The van der Waals surface area contributed by atoms with Gasteiger partial charge in [-0.1, -0.05) is 12.2 Å². The lowest BCUT2D eigenvalue weighted by atomic mass is 9.85. The van der Waals surface area contributed by atoms with Crippen LogP contribution in [0.3, 0.4) is 0 Å². The number of aliphatic hydroxyl groups is 3. The fraction of sp³-hybridized carbons (Fsp3) is 1.00. The molecular formula is C6H15O13P3S2. The Bertz CT molecular complexity index is 582. The Morgan fingerprint density at radius 3 is 1.54 bits per heavy atom. The van der Waals surface area contributed by atoms with Gasteiger partial charge >= 0.3 is 21.3 Å². The zero-order valence-electron chi connectivity index (χ0n) is 11.3. The van der Waals surface area contributed by atoms with Crippen LogP contribution in [0.15, 0.2) is 0 Å². The van der Waals surface area contributed by atoms with Gasteiger partial charge in [0.1, 0.15) is 36.6 Å². The maximum atomic E-state index is 11.3. The molecule has 0 spiro atoms. The van der Waals surface area contributed by atoms with Crippen LogP contribution in [0.1, 0.15) is 0 Å². The van der Waals surface area contributed by atoms with Crippen molar-refractivity contribution >= 4 is 45.4 Å². The second kappa shape index (κ2) is 7.95. The van der Waals surface area contributed by atoms with Gasteiger partial charge in [-0.25, -0.2) is 9.13 Å². The van der Waals surface area contributed by atoms with Gasteiger partial charge < -0.3 is 39.8 Å². The molecule has 0 radical (unpaired) electrons. The molecule has 1 fully saturated rings. The Balaban J connectivity index is 3.23. The minimum absolute atomic E-state index is 2.06. The van der Waals surface area contributed by atoms with Crippen molar-refractivity contribution in [1.82, 2.24) is 0 Å². The predicted molar refractivity (Wildman–Crippen MR) is 82.2 cm³/mol. The average Bonchev–Trinajstić information content (AvgIpc) is 2.32. The van der Waals surface area contributed by atoms with E-state index >= 15 is 0 Å². The summed E-state index contributed by atoms with van der Waals surface area (Å²) in [5, 5.41) is 29.7. The third-order valence-electron chi connectivity index (χ3n) is 2.80. The standard InChI is InChI=1S/C6H15O13P3S2/c7-1-2(8)5(18-21(13,14)23)6(19-22(15,16)24)3(9)4(1)17-20(10,11)12/h1-9H,(H2,10,11,12)(H2,13,14,23)(H2,15,16,24)/t1-,2+,3+,4-,5-,6-/m1/s1. The van der Waals surface area contributed by atoms with Gasteiger partial charge in [-0.3, -0.25) is 13.6 Å². The second-order valence-electron chi connectivity index (χ2n) is 4.65. The molecule has 7 atom stereocenters. The SMILES string of the molecule is O=P(O)(O)O[C@@H]1[C@H](O)[C@H](O)[C@@H](OP(O)(O)=S)[C@H](OP(=O)(O)S)[C@H]1O. The molecule has 1 unspecified atom stereocenters. The first-order chi connectivity index (χ1) is 10.5. The molecule has 1 saturated carbocycles. The lowest BCUT2D eigenvalue weighted by molar-refractivity contribution is -0.208. The largest absolute Gasteiger partial charge is 0.470 e. The number of hydrogen-bond acceptors (Lipinski definition) is 9. The zero-order valence-corrected chi connectivity index (χ0v) is 15.7. The van der Waals surface area contributed by atoms with Crippen molar-refractivity contribution in [3.05, 3.63) is 0 Å². The van der Waals surface area contributed by atoms with E-state index in [1.165, 1.54) is 0 Å². The highest BCUT2D eigenvalue weighted by Crippen LogP contribution is 2.53. The highest BCUT2D eigenvalue weighted by Gasteiger charge is 2.55. The minimum atomic E-state index is -5.26. The number of phosphoric ester groups is 1. The molecule has 1 aliphatic carbocycles. The summed E-state index contributed by atoms with van der Waals surface area (Å²) in [5.41, 5.74) is 0. The molecule has 0 aromatic rings. The summed E-state index contributed by atoms with van der Waals surface area (Å²) in [6.07, 6.45) is -13.0. The van der Waals surface area contributed by atoms with Crippen LogP contribution in [0.25, 0.3) is 0 Å². The summed E-state index contributed by atoms with van der Waals surface area (Å²) in [5.74, 6) is 0. The fourth-order valence-corrected chi connectivity index (χ4v) is 4.33. The van der Waals surface area contributed by atoms with Gasteiger partial charge in [-0.2, -0.15) is 0 Å². The third kappa shape index (κ3) is 6.97. The van der Waals surface area contributed by atoms with Crippen LogP contribution in [0.4, 0.5) is 0 Å². The van der Waals surface area contributed by atoms with Gasteiger partial charge in [-0.15, -0.1) is 0 Å². The Morgan fingerprint density at radius 2 is 1.17 bits per heavy atom. The van der Waals surface area contributed by atoms with Crippen molar-refractivity contribution in [1.29, 1.82) is 0 Å². The first-order valence-corrected chi connectivity index (χ1v) is 12.7. The van der Waals surface area contributed by atoms with E-state index in [1.54, 1.807) is 0 Å². The summed E-state index contributed by atoms with van der Waals surface area (Å²) in [6.45, 7) is -9.18. The van der Waals surface area contributed by atoms with E-state index in [0.29, 0.717) is 0 Å². The zero-order chi connectivity index (χ0) is 19.1. The van der Waals surface area contributed by atoms with Gasteiger partial charge in [-0.05, 0) is 11.8 Å². The molecule has 0 heterocycles. The van der Waals surface area contributed by atoms with E-state index in [1.807, 2.05) is 0 Å². The molecule has 1 aliphatic rings. The molecular weight excluding hydrogens is 437 g/mol. The molecule has 8 N–H and O–H groups in total. The molecule has 0 aliphatic heterocycles. The number of aliphatic hydroxyl groups excluding tert-OH is 3. The topological polar surface area (TPSA) is 224 Å². The van der Waals surface area contributed by atoms with Gasteiger partial charge in [0.15, 0.2) is 0 Å². The lowest BCUT2D eigenvalue weighted by Crippen LogP contribution is -2.65. The number of thiol groups is 1. The van der Waals surface area contributed by atoms with Gasteiger partial charge in [0.25, 0.3) is 0 Å². The summed E-state index contributed by atoms with van der Waals surface area (Å²) in [4.78, 5) is 45.0. The molecule has 1 rings (SSSR count). The van der Waals surface area contributed by atoms with E-state index in [9.17, 15) is 24.4 Å². The minimum Gasteiger partial charge on any atom is -0.387 e. The summed E-state index contributed by atoms with van der Waals surface area (Å²) in [7, 11) is -5.26. The molecule has 13 nitrogen and oxygen atoms in total. The number of hydrogen-bond donors (Lipinski definition) is 9. The van der Waals surface area contributed by atoms with Gasteiger partial charge in [0.2, 0.25) is 0 Å². The van der Waals surface area contributed by atoms with Crippen LogP contribution < -0.4 is 0 Å². The first kappa shape index (κ1) is 23.1. The average molecular weight is 452 g/mol. The smallest absolute Gasteiger partial charge is 0.387 e. The molecule has 0 aromatic carbocycles. The quantitative estimate of drug-likeness (QED) is 0.151. The maximum Gasteiger partial charge on any atom is 0.470 e. The Morgan fingerprint density at radius 1 is 0.750 bits per heavy atom. The number of phosphoric acid groups is 1. The Kier molecular flexibility index (Phi) is 7.64. The van der Waals surface area contributed by atoms with E-state index in [0.717, 1.165) is 0 Å². The van der Waals surface area contributed by atoms with Crippen molar-refractivity contribution in [2.24, 2.45) is 0 Å². The lowest BCUT2D eigenvalue weighted by Gasteiger charge is -2.44. The van der Waals surface area contributed by atoms with Crippen LogP contribution in [-0.2, 0) is 34.5 Å². The van der Waals surface area contributed by atoms with E-state index in [4.69, 9.17) is 24.5 Å². The van der Waals surface area contributed by atoms with Crippen LogP contribution >= 0.6 is 33.6 Å². The van der Waals surface area contributed by atoms with E-state index in [-0.39, 0.29) is 0 Å². The third-order valence-corrected chi connectivity index (χ3v) is 4.89. The molecule has 0 aromatic heterocycles. The van der Waals surface area contributed by atoms with Crippen LogP contribution in [0.5, 0.6) is 0 Å². The first-order valence-electron chi connectivity index (χ1n) is 5.78. The van der Waals surface area contributed by atoms with E-state index < -0.39 is 58.0 Å². The fourth-order valence-electron chi connectivity index (χ4n) is 2.01. The summed E-state index contributed by atoms with van der Waals surface area (Å²) < 4.78 is 35.2. The van der Waals surface area contributed by atoms with Crippen molar-refractivity contribution in [3.8, 4) is 0 Å². The highest BCUT2D eigenvalue weighted by molar-refractivity contribution is 8.44. The number of rotatable bonds is 6. The summed E-state index contributed by atoms with van der Waals surface area (Å²) in [6, 6.07) is 0. The molecule has 0 amide bonds. The van der Waals surface area contributed by atoms with Crippen LogP contribution in [0.2, 0.25) is 0 Å². The van der Waals surface area contributed by atoms with Crippen LogP contribution in [0, 0.1) is 0 Å². The van der Waals surface area contributed by atoms with Gasteiger partial charge in [0.05, 0.1) is 0 Å². The van der Waals surface area contributed by atoms with Crippen molar-refractivity contribution < 1.29 is 62.5 Å². The normalized spacial score (nSPS) is 37.9. The molecule has 24 heavy (non-hydrogen) atoms. The predicted octanol–water partition coefficient (Wildman–Crippen LogP) is -2.43. The second-order valence-corrected chi connectivity index (χ2v) is 11.2. The molecule has 0 saturated heterocycles. The van der Waals surface area contributed by atoms with Gasteiger partial charge in [0, 0.05) is 0 Å². The summed E-state index contributed by atoms with van der Waals surface area (Å²) >= 11 is 7.34. The molecule has 0 bridgehead atoms. The molecule has 18 heteroatoms. The van der Waals surface area contributed by atoms with Crippen molar-refractivity contribution in [3.63, 3.8) is 0 Å². The Labute approximate surface area is 145 Å². The Hall–Kier alpha value is 1.02. The van der Waals surface area contributed by atoms with E-state index in [2.05, 4.69) is 37.6 Å². The molecule has 144 valence electrons.